The van der Waals surface area contributed by atoms with Crippen LogP contribution in [0.4, 0.5) is 34.1 Å². The van der Waals surface area contributed by atoms with Gasteiger partial charge in [0.15, 0.2) is 26.9 Å². The number of fused-ring (bicyclic) bond motifs is 6. The molecule has 0 amide bonds. The Kier molecular flexibility index (Phi) is 24.1. The van der Waals surface area contributed by atoms with Gasteiger partial charge in [-0.25, -0.2) is 0 Å². The largest absolute Gasteiger partial charge is 0.427 e. The summed E-state index contributed by atoms with van der Waals surface area (Å²) in [6.45, 7) is 22.1. The lowest BCUT2D eigenvalue weighted by atomic mass is 9.48. The molecule has 0 spiro atoms. The van der Waals surface area contributed by atoms with E-state index in [1.807, 2.05) is 44.0 Å². The van der Waals surface area contributed by atoms with Crippen molar-refractivity contribution in [3.63, 3.8) is 0 Å². The molecule has 0 aromatic heterocycles. The first kappa shape index (κ1) is 63.2. The Bertz CT molecular complexity index is 2760. The number of nitrogens with two attached hydrogens (primary N) is 1. The van der Waals surface area contributed by atoms with Crippen molar-refractivity contribution >= 4 is 119 Å². The van der Waals surface area contributed by atoms with E-state index in [9.17, 15) is 9.59 Å². The summed E-state index contributed by atoms with van der Waals surface area (Å²) in [6.07, 6.45) is 9.93. The van der Waals surface area contributed by atoms with Gasteiger partial charge >= 0.3 is 13.8 Å². The summed E-state index contributed by atoms with van der Waals surface area (Å²) >= 11 is 0. The zero-order valence-electron chi connectivity index (χ0n) is 49.7. The lowest BCUT2D eigenvalue weighted by Gasteiger charge is -2.07. The minimum atomic E-state index is 0.00711. The van der Waals surface area contributed by atoms with E-state index in [0.29, 0.717) is 53.1 Å². The quantitative estimate of drug-likeness (QED) is 0.0462. The van der Waals surface area contributed by atoms with Crippen LogP contribution in [0.25, 0.3) is 0 Å². The average Bonchev–Trinajstić information content (AvgIpc) is 4.36. The van der Waals surface area contributed by atoms with Crippen LogP contribution in [0.1, 0.15) is 47.2 Å². The van der Waals surface area contributed by atoms with Gasteiger partial charge in [-0.3, -0.25) is 9.59 Å². The van der Waals surface area contributed by atoms with Crippen LogP contribution in [0.5, 0.6) is 0 Å². The third-order valence-electron chi connectivity index (χ3n) is 16.5. The van der Waals surface area contributed by atoms with Crippen LogP contribution >= 0.6 is 0 Å². The Labute approximate surface area is 490 Å². The molecule has 0 atom stereocenters. The highest BCUT2D eigenvalue weighted by Gasteiger charge is 2.26. The third-order valence-corrected chi connectivity index (χ3v) is 16.5. The summed E-state index contributed by atoms with van der Waals surface area (Å²) < 4.78 is 11.0. The van der Waals surface area contributed by atoms with Gasteiger partial charge in [0.05, 0.1) is 33.0 Å². The number of carbonyl (C=O) groups excluding carboxylic acids is 2. The van der Waals surface area contributed by atoms with Gasteiger partial charge in [-0.05, 0) is 134 Å². The van der Waals surface area contributed by atoms with E-state index >= 15 is 0 Å². The molecule has 0 saturated heterocycles. The predicted molar refractivity (Wildman–Crippen MR) is 353 cm³/mol. The molecular formula is C62H85B6N7O7. The molecule has 82 heavy (non-hydrogen) atoms. The van der Waals surface area contributed by atoms with Crippen LogP contribution in [-0.4, -0.2) is 108 Å². The van der Waals surface area contributed by atoms with E-state index in [2.05, 4.69) is 138 Å². The van der Waals surface area contributed by atoms with Crippen molar-refractivity contribution in [1.82, 2.24) is 0 Å². The Morgan fingerprint density at radius 1 is 0.402 bits per heavy atom. The summed E-state index contributed by atoms with van der Waals surface area (Å²) in [5.74, 6) is 0.277. The second-order valence-electron chi connectivity index (χ2n) is 22.6. The zero-order valence-corrected chi connectivity index (χ0v) is 49.7. The van der Waals surface area contributed by atoms with Gasteiger partial charge in [0.1, 0.15) is 31.8 Å². The number of ketones is 2. The van der Waals surface area contributed by atoms with Crippen LogP contribution in [0.3, 0.4) is 0 Å². The number of nitrogens with one attached hydrogen (secondary N) is 6. The van der Waals surface area contributed by atoms with E-state index in [4.69, 9.17) is 30.4 Å². The van der Waals surface area contributed by atoms with Crippen molar-refractivity contribution in [2.45, 2.75) is 119 Å². The number of aliphatic hydroxyl groups excluding tert-OH is 3. The molecule has 6 aliphatic rings. The van der Waals surface area contributed by atoms with Crippen LogP contribution in [0.15, 0.2) is 109 Å². The molecule has 0 unspecified atom stereocenters. The molecule has 6 heterocycles. The second kappa shape index (κ2) is 31.3. The van der Waals surface area contributed by atoms with Crippen molar-refractivity contribution in [2.75, 3.05) is 71.9 Å². The van der Waals surface area contributed by atoms with Crippen LogP contribution in [0.2, 0.25) is 66.2 Å². The molecule has 12 rings (SSSR count). The van der Waals surface area contributed by atoms with Gasteiger partial charge in [-0.2, -0.15) is 0 Å². The molecule has 0 bridgehead atoms. The first-order valence-electron chi connectivity index (χ1n) is 29.5. The number of anilines is 6. The molecule has 0 aliphatic carbocycles. The van der Waals surface area contributed by atoms with E-state index in [1.54, 1.807) is 13.8 Å². The molecule has 428 valence electrons. The minimum Gasteiger partial charge on any atom is -0.427 e. The second-order valence-corrected chi connectivity index (χ2v) is 22.6. The molecule has 14 nitrogen and oxygen atoms in total. The summed E-state index contributed by atoms with van der Waals surface area (Å²) in [5.41, 5.74) is 28.3. The summed E-state index contributed by atoms with van der Waals surface area (Å²) in [7, 11) is 0. The maximum atomic E-state index is 10.8. The maximum Gasteiger partial charge on any atom is 0.324 e. The molecule has 6 aromatic carbocycles. The first-order chi connectivity index (χ1) is 39.6. The fourth-order valence-corrected chi connectivity index (χ4v) is 11.6. The predicted octanol–water partition coefficient (Wildman–Crippen LogP) is 5.80. The van der Waals surface area contributed by atoms with Crippen molar-refractivity contribution < 1.29 is 34.2 Å². The number of benzene rings is 6. The number of rotatable bonds is 14. The van der Waals surface area contributed by atoms with Gasteiger partial charge < -0.3 is 62.3 Å². The first-order valence-corrected chi connectivity index (χ1v) is 29.5. The van der Waals surface area contributed by atoms with E-state index in [1.165, 1.54) is 117 Å². The van der Waals surface area contributed by atoms with Gasteiger partial charge in [0.25, 0.3) is 0 Å². The van der Waals surface area contributed by atoms with Crippen molar-refractivity contribution in [2.24, 2.45) is 5.73 Å². The number of Topliss-reactive ketones (excluding diaryl/α,β-unsaturated/α-hetero) is 2. The molecule has 0 saturated carbocycles. The Balaban J connectivity index is 0.000000142. The van der Waals surface area contributed by atoms with E-state index < -0.39 is 0 Å². The topological polar surface area (TPSA) is 211 Å². The molecule has 6 aliphatic heterocycles. The summed E-state index contributed by atoms with van der Waals surface area (Å²) in [5, 5.41) is 44.2. The van der Waals surface area contributed by atoms with Crippen LogP contribution in [-0.2, 0) is 57.8 Å². The number of hydrogen-bond donors (Lipinski definition) is 10. The van der Waals surface area contributed by atoms with Crippen molar-refractivity contribution in [3.8, 4) is 0 Å². The number of hydrogen-bond acceptors (Lipinski definition) is 14. The fraction of sp³-hybridized carbons (Fsp3) is 0.387. The van der Waals surface area contributed by atoms with Crippen LogP contribution in [0, 0.1) is 0 Å². The Morgan fingerprint density at radius 2 is 0.659 bits per heavy atom. The van der Waals surface area contributed by atoms with Gasteiger partial charge in [0.2, 0.25) is 0 Å². The smallest absolute Gasteiger partial charge is 0.324 e. The van der Waals surface area contributed by atoms with Crippen molar-refractivity contribution in [1.29, 1.82) is 0 Å². The fourth-order valence-electron chi connectivity index (χ4n) is 11.6. The molecule has 20 heteroatoms. The lowest BCUT2D eigenvalue weighted by molar-refractivity contribution is -0.116. The minimum absolute atomic E-state index is 0.00711. The Hall–Kier alpha value is -6.39. The zero-order chi connectivity index (χ0) is 58.7. The normalized spacial score (nSPS) is 14.2. The lowest BCUT2D eigenvalue weighted by Crippen LogP contribution is -2.24. The molecular weight excluding hydrogens is 1020 g/mol. The summed E-state index contributed by atoms with van der Waals surface area (Å²) in [4.78, 5) is 21.7. The molecule has 0 radical (unpaired) electrons. The molecule has 6 aromatic rings. The van der Waals surface area contributed by atoms with Gasteiger partial charge in [0, 0.05) is 34.1 Å². The maximum absolute atomic E-state index is 10.8. The van der Waals surface area contributed by atoms with E-state index in [-0.39, 0.29) is 45.6 Å². The highest BCUT2D eigenvalue weighted by molar-refractivity contribution is 6.75. The molecule has 11 N–H and O–H groups in total. The molecule has 0 fully saturated rings. The summed E-state index contributed by atoms with van der Waals surface area (Å²) in [6, 6.07) is 37.9. The monoisotopic (exact) mass is 1110 g/mol. The third kappa shape index (κ3) is 17.8. The van der Waals surface area contributed by atoms with Gasteiger partial charge in [-0.15, -0.1) is 0 Å². The number of carbonyl (C=O) groups is 2. The average molecular weight is 1110 g/mol. The van der Waals surface area contributed by atoms with Crippen LogP contribution < -0.4 is 70.4 Å². The Morgan fingerprint density at radius 3 is 0.927 bits per heavy atom. The number of aryl methyl sites for hydroxylation is 4. The standard InChI is InChI=1S/2C11H14BNO2.C10H15BN2.3C10H14BNO/c2*1-8(14)6-13-10-4-3-9-7-15-12(2)11(9)5-10;1-11-5-4-8-2-3-9(13-7-12)6-10(8)11;3*1-11-5-4-8-2-3-9(12-7-13)6-10(8)11/h2*3-5,13H,6-7H2,1-2H3;2-3,6,13H,4-5,7,12H2,1H3;3*2-3,6,12-13H,4-5,7H2,1H3. The highest BCUT2D eigenvalue weighted by atomic mass is 16.4. The SMILES string of the molecule is CB1CCc2ccc(NCN)cc21.CB1CCc2ccc(NCO)cc21.CB1CCc2ccc(NCO)cc21.CB1CCc2ccc(NCO)cc21.CB1OCc2ccc(NCC(C)=O)cc21.CB1OCc2ccc(NCC(C)=O)cc21. The highest BCUT2D eigenvalue weighted by Crippen LogP contribution is 2.22. The van der Waals surface area contributed by atoms with E-state index in [0.717, 1.165) is 40.8 Å². The van der Waals surface area contributed by atoms with Gasteiger partial charge in [-0.1, -0.05) is 147 Å². The van der Waals surface area contributed by atoms with Crippen molar-refractivity contribution in [3.05, 3.63) is 143 Å². The number of aliphatic hydroxyl groups is 3.